The molecule has 19 heavy (non-hydrogen) atoms. The second-order valence-electron chi connectivity index (χ2n) is 6.99. The summed E-state index contributed by atoms with van der Waals surface area (Å²) in [6.07, 6.45) is 2.35. The van der Waals surface area contributed by atoms with Crippen LogP contribution in [0.15, 0.2) is 12.1 Å². The second kappa shape index (κ2) is 3.99. The molecular weight excluding hydrogens is 234 g/mol. The zero-order valence-electron chi connectivity index (χ0n) is 12.8. The van der Waals surface area contributed by atoms with E-state index in [2.05, 4.69) is 45.1 Å². The minimum atomic E-state index is 0.248. The Morgan fingerprint density at radius 3 is 2.68 bits per heavy atom. The number of nitrogens with one attached hydrogen (secondary N) is 1. The number of piperidine rings is 1. The Labute approximate surface area is 116 Å². The van der Waals surface area contributed by atoms with Gasteiger partial charge in [-0.1, -0.05) is 26.8 Å². The van der Waals surface area contributed by atoms with Gasteiger partial charge in [-0.05, 0) is 54.5 Å². The summed E-state index contributed by atoms with van der Waals surface area (Å²) < 4.78 is 5.55. The molecule has 2 atom stereocenters. The van der Waals surface area contributed by atoms with Crippen LogP contribution in [0.2, 0.25) is 0 Å². The van der Waals surface area contributed by atoms with Crippen LogP contribution in [0.4, 0.5) is 0 Å². The first-order chi connectivity index (χ1) is 8.90. The van der Waals surface area contributed by atoms with Gasteiger partial charge in [0.05, 0.1) is 7.11 Å². The fourth-order valence-electron chi connectivity index (χ4n) is 4.14. The zero-order valence-corrected chi connectivity index (χ0v) is 12.8. The van der Waals surface area contributed by atoms with E-state index in [1.165, 1.54) is 23.1 Å². The van der Waals surface area contributed by atoms with E-state index >= 15 is 0 Å². The fourth-order valence-corrected chi connectivity index (χ4v) is 4.14. The van der Waals surface area contributed by atoms with Crippen LogP contribution in [0.3, 0.4) is 0 Å². The largest absolute Gasteiger partial charge is 0.496 e. The molecule has 0 spiro atoms. The van der Waals surface area contributed by atoms with E-state index in [1.807, 2.05) is 0 Å². The molecule has 2 nitrogen and oxygen atoms in total. The standard InChI is InChI=1S/C17H25NO/c1-11-8-12-9-15-16(2,3)17(4,6-7-18-15)13(12)10-14(11)19-5/h8,10,15,18H,6-7,9H2,1-5H3. The maximum absolute atomic E-state index is 5.55. The number of hydrogen-bond acceptors (Lipinski definition) is 2. The molecule has 0 radical (unpaired) electrons. The SMILES string of the molecule is COc1cc2c(cc1C)CC1NCCC2(C)C1(C)C. The van der Waals surface area contributed by atoms with Gasteiger partial charge in [-0.25, -0.2) is 0 Å². The molecule has 1 aliphatic heterocycles. The van der Waals surface area contributed by atoms with Crippen molar-refractivity contribution in [2.75, 3.05) is 13.7 Å². The Hall–Kier alpha value is -1.02. The molecule has 1 N–H and O–H groups in total. The summed E-state index contributed by atoms with van der Waals surface area (Å²) in [5.41, 5.74) is 4.81. The van der Waals surface area contributed by atoms with Crippen molar-refractivity contribution in [3.05, 3.63) is 28.8 Å². The third-order valence-electron chi connectivity index (χ3n) is 5.95. The van der Waals surface area contributed by atoms with Crippen LogP contribution in [0.1, 0.15) is 43.9 Å². The Balaban J connectivity index is 2.22. The van der Waals surface area contributed by atoms with E-state index < -0.39 is 0 Å². The van der Waals surface area contributed by atoms with Crippen molar-refractivity contribution in [3.63, 3.8) is 0 Å². The van der Waals surface area contributed by atoms with E-state index in [-0.39, 0.29) is 5.41 Å². The molecule has 1 saturated heterocycles. The summed E-state index contributed by atoms with van der Waals surface area (Å²) >= 11 is 0. The van der Waals surface area contributed by atoms with Crippen molar-refractivity contribution >= 4 is 0 Å². The molecule has 1 aromatic carbocycles. The van der Waals surface area contributed by atoms with Crippen LogP contribution in [-0.4, -0.2) is 19.7 Å². The summed E-state index contributed by atoms with van der Waals surface area (Å²) in [4.78, 5) is 0. The number of hydrogen-bond donors (Lipinski definition) is 1. The van der Waals surface area contributed by atoms with Crippen LogP contribution in [-0.2, 0) is 11.8 Å². The molecule has 1 fully saturated rings. The first kappa shape index (κ1) is 13.0. The highest BCUT2D eigenvalue weighted by atomic mass is 16.5. The fraction of sp³-hybridized carbons (Fsp3) is 0.647. The average molecular weight is 259 g/mol. The number of fused-ring (bicyclic) bond motifs is 4. The monoisotopic (exact) mass is 259 g/mol. The summed E-state index contributed by atoms with van der Waals surface area (Å²) in [6, 6.07) is 5.22. The van der Waals surface area contributed by atoms with Crippen molar-refractivity contribution in [2.24, 2.45) is 5.41 Å². The number of aryl methyl sites for hydroxylation is 1. The van der Waals surface area contributed by atoms with Gasteiger partial charge >= 0.3 is 0 Å². The normalized spacial score (nSPS) is 31.7. The zero-order chi connectivity index (χ0) is 13.8. The molecule has 104 valence electrons. The van der Waals surface area contributed by atoms with E-state index in [0.29, 0.717) is 11.5 Å². The van der Waals surface area contributed by atoms with Crippen molar-refractivity contribution in [1.82, 2.24) is 5.32 Å². The first-order valence-electron chi connectivity index (χ1n) is 7.31. The van der Waals surface area contributed by atoms with Gasteiger partial charge in [0.1, 0.15) is 5.75 Å². The Kier molecular flexibility index (Phi) is 2.72. The lowest BCUT2D eigenvalue weighted by molar-refractivity contribution is 0.0557. The molecule has 0 saturated carbocycles. The lowest BCUT2D eigenvalue weighted by Gasteiger charge is -2.57. The molecule has 2 heteroatoms. The van der Waals surface area contributed by atoms with Crippen LogP contribution < -0.4 is 10.1 Å². The van der Waals surface area contributed by atoms with E-state index in [0.717, 1.165) is 18.7 Å². The number of benzene rings is 1. The quantitative estimate of drug-likeness (QED) is 0.836. The van der Waals surface area contributed by atoms with Crippen LogP contribution in [0, 0.1) is 12.3 Å². The number of rotatable bonds is 1. The molecule has 2 unspecified atom stereocenters. The van der Waals surface area contributed by atoms with Gasteiger partial charge in [0.15, 0.2) is 0 Å². The molecule has 2 aliphatic rings. The van der Waals surface area contributed by atoms with Crippen molar-refractivity contribution in [3.8, 4) is 5.75 Å². The second-order valence-corrected chi connectivity index (χ2v) is 6.99. The maximum Gasteiger partial charge on any atom is 0.122 e. The van der Waals surface area contributed by atoms with Crippen LogP contribution in [0.5, 0.6) is 5.75 Å². The summed E-state index contributed by atoms with van der Waals surface area (Å²) in [5.74, 6) is 1.03. The van der Waals surface area contributed by atoms with E-state index in [9.17, 15) is 0 Å². The summed E-state index contributed by atoms with van der Waals surface area (Å²) in [5, 5.41) is 3.72. The lowest BCUT2D eigenvalue weighted by atomic mass is 9.51. The van der Waals surface area contributed by atoms with Gasteiger partial charge in [0.2, 0.25) is 0 Å². The Morgan fingerprint density at radius 1 is 1.26 bits per heavy atom. The molecule has 1 aliphatic carbocycles. The third kappa shape index (κ3) is 1.59. The Bertz CT molecular complexity index is 520. The number of ether oxygens (including phenoxy) is 1. The molecule has 1 heterocycles. The van der Waals surface area contributed by atoms with E-state index in [4.69, 9.17) is 4.74 Å². The predicted octanol–water partition coefficient (Wildman–Crippen LogP) is 3.21. The molecule has 0 aromatic heterocycles. The maximum atomic E-state index is 5.55. The van der Waals surface area contributed by atoms with Crippen molar-refractivity contribution in [2.45, 2.75) is 52.0 Å². The highest BCUT2D eigenvalue weighted by molar-refractivity contribution is 5.49. The topological polar surface area (TPSA) is 21.3 Å². The lowest BCUT2D eigenvalue weighted by Crippen LogP contribution is -2.62. The molecule has 1 aromatic rings. The first-order valence-corrected chi connectivity index (χ1v) is 7.31. The highest BCUT2D eigenvalue weighted by Crippen LogP contribution is 2.54. The minimum absolute atomic E-state index is 0.248. The predicted molar refractivity (Wildman–Crippen MR) is 79.0 cm³/mol. The Morgan fingerprint density at radius 2 is 2.00 bits per heavy atom. The highest BCUT2D eigenvalue weighted by Gasteiger charge is 2.53. The summed E-state index contributed by atoms with van der Waals surface area (Å²) in [7, 11) is 1.77. The van der Waals surface area contributed by atoms with Gasteiger partial charge in [0.25, 0.3) is 0 Å². The van der Waals surface area contributed by atoms with Gasteiger partial charge in [-0.2, -0.15) is 0 Å². The van der Waals surface area contributed by atoms with Crippen LogP contribution >= 0.6 is 0 Å². The molecular formula is C17H25NO. The minimum Gasteiger partial charge on any atom is -0.496 e. The van der Waals surface area contributed by atoms with E-state index in [1.54, 1.807) is 7.11 Å². The van der Waals surface area contributed by atoms with Gasteiger partial charge in [0, 0.05) is 11.5 Å². The summed E-state index contributed by atoms with van der Waals surface area (Å²) in [6.45, 7) is 10.5. The molecule has 3 rings (SSSR count). The third-order valence-corrected chi connectivity index (χ3v) is 5.95. The average Bonchev–Trinajstić information content (AvgIpc) is 2.33. The molecule has 0 amide bonds. The van der Waals surface area contributed by atoms with Gasteiger partial charge in [-0.3, -0.25) is 0 Å². The van der Waals surface area contributed by atoms with Gasteiger partial charge < -0.3 is 10.1 Å². The van der Waals surface area contributed by atoms with Crippen molar-refractivity contribution in [1.29, 1.82) is 0 Å². The van der Waals surface area contributed by atoms with Gasteiger partial charge in [-0.15, -0.1) is 0 Å². The van der Waals surface area contributed by atoms with Crippen molar-refractivity contribution < 1.29 is 4.74 Å². The van der Waals surface area contributed by atoms with Crippen LogP contribution in [0.25, 0.3) is 0 Å². The molecule has 2 bridgehead atoms. The smallest absolute Gasteiger partial charge is 0.122 e. The number of methoxy groups -OCH3 is 1.